The summed E-state index contributed by atoms with van der Waals surface area (Å²) in [5.41, 5.74) is 0. The van der Waals surface area contributed by atoms with Crippen molar-refractivity contribution in [1.29, 1.82) is 0 Å². The molecule has 110 valence electrons. The summed E-state index contributed by atoms with van der Waals surface area (Å²) < 4.78 is 6.45. The second-order valence-corrected chi connectivity index (χ2v) is 12.0. The van der Waals surface area contributed by atoms with Crippen LogP contribution in [0.4, 0.5) is 4.79 Å². The van der Waals surface area contributed by atoms with Gasteiger partial charge >= 0.3 is 6.09 Å². The third kappa shape index (κ3) is 2.66. The molecule has 2 N–H and O–H groups in total. The van der Waals surface area contributed by atoms with Gasteiger partial charge in [-0.3, -0.25) is 4.90 Å². The molecule has 1 amide bonds. The fourth-order valence-electron chi connectivity index (χ4n) is 2.78. The minimum Gasteiger partial charge on any atom is -0.465 e. The van der Waals surface area contributed by atoms with E-state index in [4.69, 9.17) is 4.43 Å². The van der Waals surface area contributed by atoms with Crippen molar-refractivity contribution in [3.8, 4) is 0 Å². The predicted octanol–water partition coefficient (Wildman–Crippen LogP) is 2.10. The Morgan fingerprint density at radius 1 is 1.37 bits per heavy atom. The molecule has 19 heavy (non-hydrogen) atoms. The summed E-state index contributed by atoms with van der Waals surface area (Å²) in [4.78, 5) is 13.0. The first-order chi connectivity index (χ1) is 8.63. The number of amides is 1. The standard InChI is InChI=1S/C13H26N2O3Si/c1-13(2,3)19(4,5)18-11-6-9-7-14-8-10(11)15(9)12(16)17/h9-11,14H,6-8H2,1-5H3,(H,16,17). The lowest BCUT2D eigenvalue weighted by atomic mass is 10.2. The van der Waals surface area contributed by atoms with Crippen LogP contribution in [0.25, 0.3) is 0 Å². The van der Waals surface area contributed by atoms with Crippen LogP contribution in [0.1, 0.15) is 27.2 Å². The van der Waals surface area contributed by atoms with Gasteiger partial charge in [-0.1, -0.05) is 20.8 Å². The largest absolute Gasteiger partial charge is 0.465 e. The van der Waals surface area contributed by atoms with E-state index in [0.717, 1.165) is 13.0 Å². The number of rotatable bonds is 2. The predicted molar refractivity (Wildman–Crippen MR) is 77.0 cm³/mol. The molecule has 3 unspecified atom stereocenters. The molecule has 0 radical (unpaired) electrons. The van der Waals surface area contributed by atoms with Gasteiger partial charge in [0.15, 0.2) is 8.32 Å². The van der Waals surface area contributed by atoms with Crippen molar-refractivity contribution in [1.82, 2.24) is 10.2 Å². The Morgan fingerprint density at radius 3 is 2.47 bits per heavy atom. The third-order valence-corrected chi connectivity index (χ3v) is 9.40. The zero-order chi connectivity index (χ0) is 14.4. The van der Waals surface area contributed by atoms with Crippen LogP contribution in [-0.2, 0) is 4.43 Å². The molecule has 0 aliphatic carbocycles. The molecule has 6 heteroatoms. The van der Waals surface area contributed by atoms with Crippen molar-refractivity contribution in [3.05, 3.63) is 0 Å². The van der Waals surface area contributed by atoms with Crippen LogP contribution in [0.5, 0.6) is 0 Å². The molecule has 2 aliphatic heterocycles. The Bertz CT molecular complexity index is 367. The number of carboxylic acid groups (broad SMARTS) is 1. The van der Waals surface area contributed by atoms with Gasteiger partial charge in [0.05, 0.1) is 18.2 Å². The number of nitrogens with zero attached hydrogens (tertiary/aromatic N) is 1. The molecule has 2 saturated heterocycles. The van der Waals surface area contributed by atoms with Crippen LogP contribution < -0.4 is 5.32 Å². The Labute approximate surface area is 116 Å². The highest BCUT2D eigenvalue weighted by molar-refractivity contribution is 6.74. The third-order valence-electron chi connectivity index (χ3n) is 4.89. The zero-order valence-corrected chi connectivity index (χ0v) is 13.6. The monoisotopic (exact) mass is 286 g/mol. The Kier molecular flexibility index (Phi) is 3.70. The molecule has 2 rings (SSSR count). The van der Waals surface area contributed by atoms with Gasteiger partial charge in [-0.05, 0) is 24.6 Å². The quantitative estimate of drug-likeness (QED) is 0.763. The summed E-state index contributed by atoms with van der Waals surface area (Å²) in [6.45, 7) is 12.6. The minimum absolute atomic E-state index is 0.0228. The molecule has 2 fully saturated rings. The first kappa shape index (κ1) is 14.8. The number of hydrogen-bond acceptors (Lipinski definition) is 3. The molecule has 2 aliphatic rings. The van der Waals surface area contributed by atoms with Crippen LogP contribution >= 0.6 is 0 Å². The number of piperazine rings is 1. The Morgan fingerprint density at radius 2 is 2.00 bits per heavy atom. The van der Waals surface area contributed by atoms with Crippen LogP contribution in [-0.4, -0.2) is 55.7 Å². The highest BCUT2D eigenvalue weighted by atomic mass is 28.4. The first-order valence-electron chi connectivity index (χ1n) is 7.03. The number of carbonyl (C=O) groups is 1. The number of nitrogens with one attached hydrogen (secondary N) is 1. The van der Waals surface area contributed by atoms with Crippen molar-refractivity contribution in [3.63, 3.8) is 0 Å². The molecular weight excluding hydrogens is 260 g/mol. The van der Waals surface area contributed by atoms with Crippen LogP contribution in [0.3, 0.4) is 0 Å². The minimum atomic E-state index is -1.84. The van der Waals surface area contributed by atoms with Crippen molar-refractivity contribution in [2.75, 3.05) is 13.1 Å². The van der Waals surface area contributed by atoms with E-state index in [2.05, 4.69) is 39.2 Å². The summed E-state index contributed by atoms with van der Waals surface area (Å²) >= 11 is 0. The summed E-state index contributed by atoms with van der Waals surface area (Å²) in [5.74, 6) is 0. The number of fused-ring (bicyclic) bond motifs is 2. The highest BCUT2D eigenvalue weighted by Gasteiger charge is 2.50. The Balaban J connectivity index is 2.13. The van der Waals surface area contributed by atoms with E-state index in [1.54, 1.807) is 4.90 Å². The summed E-state index contributed by atoms with van der Waals surface area (Å²) in [5, 5.41) is 12.8. The van der Waals surface area contributed by atoms with Crippen LogP contribution in [0.15, 0.2) is 0 Å². The fourth-order valence-corrected chi connectivity index (χ4v) is 4.14. The van der Waals surface area contributed by atoms with Gasteiger partial charge < -0.3 is 14.8 Å². The van der Waals surface area contributed by atoms with E-state index in [1.807, 2.05) is 0 Å². The van der Waals surface area contributed by atoms with Gasteiger partial charge in [-0.2, -0.15) is 0 Å². The molecular formula is C13H26N2O3Si. The SMILES string of the molecule is CC(C)(C)[Si](C)(C)OC1CC2CNCC1N2C(=O)O. The van der Waals surface area contributed by atoms with E-state index >= 15 is 0 Å². The number of hydrogen-bond donors (Lipinski definition) is 2. The van der Waals surface area contributed by atoms with E-state index < -0.39 is 14.4 Å². The molecule has 3 atom stereocenters. The van der Waals surface area contributed by atoms with E-state index in [-0.39, 0.29) is 23.2 Å². The van der Waals surface area contributed by atoms with Crippen molar-refractivity contribution in [2.24, 2.45) is 0 Å². The normalized spacial score (nSPS) is 31.6. The van der Waals surface area contributed by atoms with Crippen molar-refractivity contribution < 1.29 is 14.3 Å². The molecule has 2 bridgehead atoms. The topological polar surface area (TPSA) is 61.8 Å². The van der Waals surface area contributed by atoms with Gasteiger partial charge in [0.2, 0.25) is 0 Å². The van der Waals surface area contributed by atoms with Gasteiger partial charge in [-0.15, -0.1) is 0 Å². The van der Waals surface area contributed by atoms with Gasteiger partial charge in [0.25, 0.3) is 0 Å². The van der Waals surface area contributed by atoms with Gasteiger partial charge in [-0.25, -0.2) is 4.79 Å². The molecule has 0 spiro atoms. The molecule has 0 aromatic heterocycles. The highest BCUT2D eigenvalue weighted by Crippen LogP contribution is 2.40. The lowest BCUT2D eigenvalue weighted by molar-refractivity contribution is 0.0839. The van der Waals surface area contributed by atoms with Crippen LogP contribution in [0.2, 0.25) is 18.1 Å². The molecule has 0 saturated carbocycles. The lowest BCUT2D eigenvalue weighted by Gasteiger charge is -2.40. The van der Waals surface area contributed by atoms with Crippen molar-refractivity contribution in [2.45, 2.75) is 63.5 Å². The summed E-state index contributed by atoms with van der Waals surface area (Å²) in [6.07, 6.45) is 0.0750. The van der Waals surface area contributed by atoms with E-state index in [0.29, 0.717) is 6.54 Å². The maximum absolute atomic E-state index is 11.4. The summed E-state index contributed by atoms with van der Waals surface area (Å²) in [7, 11) is -1.84. The lowest BCUT2D eigenvalue weighted by Crippen LogP contribution is -2.56. The van der Waals surface area contributed by atoms with E-state index in [1.165, 1.54) is 0 Å². The first-order valence-corrected chi connectivity index (χ1v) is 9.94. The van der Waals surface area contributed by atoms with Crippen LogP contribution in [0, 0.1) is 0 Å². The van der Waals surface area contributed by atoms with Crippen molar-refractivity contribution >= 4 is 14.4 Å². The maximum atomic E-state index is 11.4. The molecule has 5 nitrogen and oxygen atoms in total. The van der Waals surface area contributed by atoms with E-state index in [9.17, 15) is 9.90 Å². The molecule has 0 aromatic carbocycles. The molecule has 0 aromatic rings. The van der Waals surface area contributed by atoms with Gasteiger partial charge in [0.1, 0.15) is 0 Å². The second-order valence-electron chi connectivity index (χ2n) is 7.22. The van der Waals surface area contributed by atoms with Gasteiger partial charge in [0, 0.05) is 13.1 Å². The summed E-state index contributed by atoms with van der Waals surface area (Å²) in [6, 6.07) is 0.0522. The maximum Gasteiger partial charge on any atom is 0.407 e. The fraction of sp³-hybridized carbons (Fsp3) is 0.923. The molecule has 2 heterocycles. The smallest absolute Gasteiger partial charge is 0.407 e. The zero-order valence-electron chi connectivity index (χ0n) is 12.6. The average Bonchev–Trinajstić information content (AvgIpc) is 2.44. The average molecular weight is 286 g/mol. The second kappa shape index (κ2) is 4.75. The Hall–Kier alpha value is -0.593.